The second-order valence-electron chi connectivity index (χ2n) is 3.37. The van der Waals surface area contributed by atoms with Crippen molar-refractivity contribution in [3.63, 3.8) is 0 Å². The molecule has 0 saturated carbocycles. The summed E-state index contributed by atoms with van der Waals surface area (Å²) in [4.78, 5) is 11.5. The first-order valence-electron chi connectivity index (χ1n) is 4.51. The number of aromatic nitrogens is 1. The molecule has 0 spiro atoms. The molecule has 78 valence electrons. The third kappa shape index (κ3) is 1.83. The van der Waals surface area contributed by atoms with Gasteiger partial charge in [0.1, 0.15) is 16.7 Å². The molecule has 2 aromatic heterocycles. The maximum atomic E-state index is 11.5. The largest absolute Gasteiger partial charge is 0.461 e. The lowest BCUT2D eigenvalue weighted by Crippen LogP contribution is -2.15. The molecule has 0 fully saturated rings. The predicted molar refractivity (Wildman–Crippen MR) is 59.1 cm³/mol. The fraction of sp³-hybridized carbons (Fsp3) is 0.182. The van der Waals surface area contributed by atoms with Gasteiger partial charge in [0.25, 0.3) is 5.56 Å². The Hall–Kier alpha value is -1.48. The van der Waals surface area contributed by atoms with E-state index in [1.54, 1.807) is 13.1 Å². The number of rotatable bonds is 1. The van der Waals surface area contributed by atoms with Gasteiger partial charge in [-0.2, -0.15) is 0 Å². The summed E-state index contributed by atoms with van der Waals surface area (Å²) in [5.41, 5.74) is 0.558. The van der Waals surface area contributed by atoms with E-state index in [1.165, 1.54) is 10.6 Å². The normalized spacial score (nSPS) is 10.6. The van der Waals surface area contributed by atoms with Crippen LogP contribution in [-0.2, 0) is 7.05 Å². The van der Waals surface area contributed by atoms with Crippen molar-refractivity contribution in [2.45, 2.75) is 6.92 Å². The summed E-state index contributed by atoms with van der Waals surface area (Å²) in [5, 5.41) is 0.395. The van der Waals surface area contributed by atoms with Crippen molar-refractivity contribution >= 4 is 11.6 Å². The second kappa shape index (κ2) is 3.59. The Morgan fingerprint density at radius 3 is 2.60 bits per heavy atom. The molecule has 15 heavy (non-hydrogen) atoms. The molecule has 0 aromatic carbocycles. The molecular formula is C11H10ClNO2. The smallest absolute Gasteiger partial charge is 0.252 e. The van der Waals surface area contributed by atoms with E-state index in [1.807, 2.05) is 19.1 Å². The van der Waals surface area contributed by atoms with Gasteiger partial charge in [0.2, 0.25) is 0 Å². The van der Waals surface area contributed by atoms with Crippen molar-refractivity contribution in [3.05, 3.63) is 45.5 Å². The highest BCUT2D eigenvalue weighted by Crippen LogP contribution is 2.22. The van der Waals surface area contributed by atoms with E-state index in [9.17, 15) is 4.79 Å². The average molecular weight is 224 g/mol. The van der Waals surface area contributed by atoms with Gasteiger partial charge in [-0.25, -0.2) is 0 Å². The molecule has 0 aliphatic carbocycles. The molecule has 0 radical (unpaired) electrons. The van der Waals surface area contributed by atoms with E-state index in [4.69, 9.17) is 16.0 Å². The van der Waals surface area contributed by atoms with Gasteiger partial charge < -0.3 is 8.98 Å². The van der Waals surface area contributed by atoms with Crippen molar-refractivity contribution < 1.29 is 4.42 Å². The molecule has 0 bridgehead atoms. The van der Waals surface area contributed by atoms with Crippen molar-refractivity contribution in [1.29, 1.82) is 0 Å². The minimum Gasteiger partial charge on any atom is -0.461 e. The van der Waals surface area contributed by atoms with Crippen LogP contribution in [-0.4, -0.2) is 4.57 Å². The van der Waals surface area contributed by atoms with Gasteiger partial charge in [0.05, 0.1) is 0 Å². The van der Waals surface area contributed by atoms with Gasteiger partial charge in [0, 0.05) is 18.7 Å². The molecule has 2 rings (SSSR count). The Labute approximate surface area is 91.9 Å². The topological polar surface area (TPSA) is 35.1 Å². The molecule has 0 amide bonds. The van der Waals surface area contributed by atoms with Crippen LogP contribution in [0.1, 0.15) is 5.76 Å². The zero-order chi connectivity index (χ0) is 11.0. The predicted octanol–water partition coefficient (Wildman–Crippen LogP) is 2.61. The van der Waals surface area contributed by atoms with Gasteiger partial charge in [0.15, 0.2) is 0 Å². The molecule has 0 aliphatic heterocycles. The highest BCUT2D eigenvalue weighted by atomic mass is 35.5. The van der Waals surface area contributed by atoms with Crippen LogP contribution in [0.2, 0.25) is 5.15 Å². The quantitative estimate of drug-likeness (QED) is 0.697. The van der Waals surface area contributed by atoms with E-state index in [0.29, 0.717) is 16.5 Å². The van der Waals surface area contributed by atoms with Gasteiger partial charge in [-0.3, -0.25) is 4.79 Å². The summed E-state index contributed by atoms with van der Waals surface area (Å²) in [6.45, 7) is 1.85. The zero-order valence-corrected chi connectivity index (χ0v) is 9.21. The lowest BCUT2D eigenvalue weighted by Gasteiger charge is -2.02. The summed E-state index contributed by atoms with van der Waals surface area (Å²) in [6.07, 6.45) is 0. The molecule has 0 aliphatic rings. The molecular weight excluding hydrogens is 214 g/mol. The second-order valence-corrected chi connectivity index (χ2v) is 3.76. The Morgan fingerprint density at radius 1 is 1.33 bits per heavy atom. The number of hydrogen-bond donors (Lipinski definition) is 0. The lowest BCUT2D eigenvalue weighted by atomic mass is 10.2. The molecule has 2 heterocycles. The van der Waals surface area contributed by atoms with E-state index < -0.39 is 0 Å². The minimum atomic E-state index is -0.147. The van der Waals surface area contributed by atoms with Gasteiger partial charge in [-0.05, 0) is 25.1 Å². The maximum absolute atomic E-state index is 11.5. The molecule has 0 unspecified atom stereocenters. The van der Waals surface area contributed by atoms with Gasteiger partial charge in [-0.15, -0.1) is 0 Å². The fourth-order valence-electron chi connectivity index (χ4n) is 1.33. The number of nitrogens with zero attached hydrogens (tertiary/aromatic N) is 1. The summed E-state index contributed by atoms with van der Waals surface area (Å²) < 4.78 is 6.79. The maximum Gasteiger partial charge on any atom is 0.252 e. The Bertz CT molecular complexity index is 554. The Balaban J connectivity index is 2.60. The van der Waals surface area contributed by atoms with E-state index >= 15 is 0 Å². The van der Waals surface area contributed by atoms with Gasteiger partial charge in [-0.1, -0.05) is 11.6 Å². The zero-order valence-electron chi connectivity index (χ0n) is 8.45. The third-order valence-corrected chi connectivity index (χ3v) is 2.59. The molecule has 3 nitrogen and oxygen atoms in total. The first kappa shape index (κ1) is 10.1. The molecule has 0 saturated heterocycles. The van der Waals surface area contributed by atoms with Crippen LogP contribution >= 0.6 is 11.6 Å². The van der Waals surface area contributed by atoms with Crippen LogP contribution in [0.25, 0.3) is 11.3 Å². The van der Waals surface area contributed by atoms with Crippen LogP contribution in [0.15, 0.2) is 33.5 Å². The van der Waals surface area contributed by atoms with Crippen molar-refractivity contribution in [3.8, 4) is 11.3 Å². The fourth-order valence-corrected chi connectivity index (χ4v) is 1.53. The van der Waals surface area contributed by atoms with E-state index in [0.717, 1.165) is 5.76 Å². The van der Waals surface area contributed by atoms with Crippen molar-refractivity contribution in [2.75, 3.05) is 0 Å². The first-order valence-corrected chi connectivity index (χ1v) is 4.89. The highest BCUT2D eigenvalue weighted by Gasteiger charge is 2.06. The van der Waals surface area contributed by atoms with Crippen LogP contribution in [0.4, 0.5) is 0 Å². The Kier molecular flexibility index (Phi) is 2.40. The highest BCUT2D eigenvalue weighted by molar-refractivity contribution is 6.29. The number of hydrogen-bond acceptors (Lipinski definition) is 2. The van der Waals surface area contributed by atoms with Crippen LogP contribution in [0.3, 0.4) is 0 Å². The van der Waals surface area contributed by atoms with E-state index in [2.05, 4.69) is 0 Å². The van der Waals surface area contributed by atoms with Crippen molar-refractivity contribution in [2.24, 2.45) is 7.05 Å². The van der Waals surface area contributed by atoms with Crippen LogP contribution < -0.4 is 5.56 Å². The first-order chi connectivity index (χ1) is 7.08. The SMILES string of the molecule is Cc1ccc(-c2cc(Cl)n(C)c(=O)c2)o1. The molecule has 2 aromatic rings. The lowest BCUT2D eigenvalue weighted by molar-refractivity contribution is 0.548. The summed E-state index contributed by atoms with van der Waals surface area (Å²) in [5.74, 6) is 1.47. The van der Waals surface area contributed by atoms with Crippen molar-refractivity contribution in [1.82, 2.24) is 4.57 Å². The monoisotopic (exact) mass is 223 g/mol. The summed E-state index contributed by atoms with van der Waals surface area (Å²) in [7, 11) is 1.63. The summed E-state index contributed by atoms with van der Waals surface area (Å²) in [6, 6.07) is 6.88. The number of halogens is 1. The van der Waals surface area contributed by atoms with Gasteiger partial charge >= 0.3 is 0 Å². The van der Waals surface area contributed by atoms with Crippen LogP contribution in [0.5, 0.6) is 0 Å². The Morgan fingerprint density at radius 2 is 2.07 bits per heavy atom. The third-order valence-electron chi connectivity index (χ3n) is 2.23. The number of pyridine rings is 1. The number of aryl methyl sites for hydroxylation is 1. The molecule has 0 N–H and O–H groups in total. The van der Waals surface area contributed by atoms with Crippen LogP contribution in [0, 0.1) is 6.92 Å². The van der Waals surface area contributed by atoms with E-state index in [-0.39, 0.29) is 5.56 Å². The molecule has 4 heteroatoms. The number of furan rings is 1. The molecule has 0 atom stereocenters. The summed E-state index contributed by atoms with van der Waals surface area (Å²) >= 11 is 5.90. The average Bonchev–Trinajstić information content (AvgIpc) is 2.60. The standard InChI is InChI=1S/C11H10ClNO2/c1-7-3-4-9(15-7)8-5-10(12)13(2)11(14)6-8/h3-6H,1-2H3. The minimum absolute atomic E-state index is 0.147.